The second-order valence-corrected chi connectivity index (χ2v) is 6.16. The lowest BCUT2D eigenvalue weighted by molar-refractivity contribution is 0.0935. The standard InChI is InChI=1S/C19H23N3O/c23-19(18-7-4-10-20-14-18)21-13-16-8-11-22(12-9-16)15-17-5-2-1-3-6-17/h1-7,10,14,16H,8-9,11-13,15H2,(H,21,23). The topological polar surface area (TPSA) is 45.2 Å². The second kappa shape index (κ2) is 7.88. The fourth-order valence-electron chi connectivity index (χ4n) is 3.03. The molecule has 4 nitrogen and oxygen atoms in total. The molecule has 1 aromatic carbocycles. The zero-order valence-corrected chi connectivity index (χ0v) is 13.3. The Morgan fingerprint density at radius 2 is 1.91 bits per heavy atom. The number of amides is 1. The van der Waals surface area contributed by atoms with E-state index in [1.165, 1.54) is 5.56 Å². The number of carbonyl (C=O) groups is 1. The first kappa shape index (κ1) is 15.7. The number of pyridine rings is 1. The first-order valence-corrected chi connectivity index (χ1v) is 8.26. The molecule has 3 rings (SSSR count). The van der Waals surface area contributed by atoms with E-state index in [9.17, 15) is 4.79 Å². The van der Waals surface area contributed by atoms with Crippen LogP contribution in [-0.2, 0) is 6.54 Å². The number of nitrogens with zero attached hydrogens (tertiary/aromatic N) is 2. The van der Waals surface area contributed by atoms with Gasteiger partial charge in [0.05, 0.1) is 5.56 Å². The Labute approximate surface area is 137 Å². The lowest BCUT2D eigenvalue weighted by atomic mass is 9.96. The summed E-state index contributed by atoms with van der Waals surface area (Å²) in [6, 6.07) is 14.2. The van der Waals surface area contributed by atoms with E-state index in [1.54, 1.807) is 24.5 Å². The fraction of sp³-hybridized carbons (Fsp3) is 0.368. The molecule has 4 heteroatoms. The number of piperidine rings is 1. The normalized spacial score (nSPS) is 16.2. The maximum absolute atomic E-state index is 12.0. The van der Waals surface area contributed by atoms with Crippen LogP contribution in [0.25, 0.3) is 0 Å². The van der Waals surface area contributed by atoms with Crippen molar-refractivity contribution < 1.29 is 4.79 Å². The van der Waals surface area contributed by atoms with Crippen molar-refractivity contribution in [2.24, 2.45) is 5.92 Å². The van der Waals surface area contributed by atoms with Crippen molar-refractivity contribution in [2.45, 2.75) is 19.4 Å². The van der Waals surface area contributed by atoms with E-state index >= 15 is 0 Å². The first-order chi connectivity index (χ1) is 11.3. The molecule has 0 unspecified atom stereocenters. The van der Waals surface area contributed by atoms with Crippen LogP contribution in [0.3, 0.4) is 0 Å². The lowest BCUT2D eigenvalue weighted by Gasteiger charge is -2.32. The number of likely N-dealkylation sites (tertiary alicyclic amines) is 1. The van der Waals surface area contributed by atoms with Crippen molar-refractivity contribution >= 4 is 5.91 Å². The lowest BCUT2D eigenvalue weighted by Crippen LogP contribution is -2.38. The summed E-state index contributed by atoms with van der Waals surface area (Å²) in [7, 11) is 0. The smallest absolute Gasteiger partial charge is 0.252 e. The highest BCUT2D eigenvalue weighted by Crippen LogP contribution is 2.18. The Kier molecular flexibility index (Phi) is 5.37. The van der Waals surface area contributed by atoms with Gasteiger partial charge in [-0.2, -0.15) is 0 Å². The van der Waals surface area contributed by atoms with Gasteiger partial charge in [0, 0.05) is 25.5 Å². The summed E-state index contributed by atoms with van der Waals surface area (Å²) in [5.74, 6) is 0.549. The van der Waals surface area contributed by atoms with Crippen molar-refractivity contribution in [1.82, 2.24) is 15.2 Å². The molecule has 120 valence electrons. The molecule has 1 amide bonds. The number of nitrogens with one attached hydrogen (secondary N) is 1. The molecule has 0 atom stereocenters. The number of aromatic nitrogens is 1. The van der Waals surface area contributed by atoms with Gasteiger partial charge in [-0.15, -0.1) is 0 Å². The van der Waals surface area contributed by atoms with Gasteiger partial charge in [-0.3, -0.25) is 14.7 Å². The highest BCUT2D eigenvalue weighted by Gasteiger charge is 2.19. The van der Waals surface area contributed by atoms with E-state index in [0.717, 1.165) is 39.0 Å². The number of hydrogen-bond acceptors (Lipinski definition) is 3. The van der Waals surface area contributed by atoms with Gasteiger partial charge in [-0.1, -0.05) is 30.3 Å². The SMILES string of the molecule is O=C(NCC1CCN(Cc2ccccc2)CC1)c1cccnc1. The minimum atomic E-state index is -0.0233. The molecule has 1 saturated heterocycles. The van der Waals surface area contributed by atoms with Crippen LogP contribution in [0.1, 0.15) is 28.8 Å². The summed E-state index contributed by atoms with van der Waals surface area (Å²) in [5.41, 5.74) is 2.00. The first-order valence-electron chi connectivity index (χ1n) is 8.26. The van der Waals surface area contributed by atoms with Crippen LogP contribution in [-0.4, -0.2) is 35.4 Å². The van der Waals surface area contributed by atoms with Gasteiger partial charge in [-0.25, -0.2) is 0 Å². The zero-order valence-electron chi connectivity index (χ0n) is 13.3. The summed E-state index contributed by atoms with van der Waals surface area (Å²) in [6.07, 6.45) is 5.57. The van der Waals surface area contributed by atoms with E-state index in [2.05, 4.69) is 45.5 Å². The Morgan fingerprint density at radius 1 is 1.13 bits per heavy atom. The number of hydrogen-bond donors (Lipinski definition) is 1. The van der Waals surface area contributed by atoms with E-state index in [1.807, 2.05) is 0 Å². The zero-order chi connectivity index (χ0) is 15.9. The third-order valence-corrected chi connectivity index (χ3v) is 4.43. The van der Waals surface area contributed by atoms with Gasteiger partial charge in [-0.05, 0) is 49.5 Å². The molecule has 0 aliphatic carbocycles. The summed E-state index contributed by atoms with van der Waals surface area (Å²) >= 11 is 0. The third kappa shape index (κ3) is 4.63. The largest absolute Gasteiger partial charge is 0.352 e. The molecule has 0 saturated carbocycles. The molecule has 1 aromatic heterocycles. The molecular formula is C19H23N3O. The molecule has 23 heavy (non-hydrogen) atoms. The molecule has 1 fully saturated rings. The van der Waals surface area contributed by atoms with Crippen LogP contribution in [0, 0.1) is 5.92 Å². The van der Waals surface area contributed by atoms with Crippen molar-refractivity contribution in [2.75, 3.05) is 19.6 Å². The average Bonchev–Trinajstić information content (AvgIpc) is 2.62. The number of carbonyl (C=O) groups excluding carboxylic acids is 1. The van der Waals surface area contributed by atoms with Crippen LogP contribution >= 0.6 is 0 Å². The Morgan fingerprint density at radius 3 is 2.61 bits per heavy atom. The maximum atomic E-state index is 12.0. The summed E-state index contributed by atoms with van der Waals surface area (Å²) in [6.45, 7) is 3.98. The van der Waals surface area contributed by atoms with E-state index in [4.69, 9.17) is 0 Å². The van der Waals surface area contributed by atoms with E-state index in [0.29, 0.717) is 11.5 Å². The van der Waals surface area contributed by atoms with Crippen LogP contribution in [0.15, 0.2) is 54.9 Å². The predicted molar refractivity (Wildman–Crippen MR) is 91.0 cm³/mol. The molecule has 1 aliphatic rings. The Bertz CT molecular complexity index is 607. The monoisotopic (exact) mass is 309 g/mol. The van der Waals surface area contributed by atoms with E-state index < -0.39 is 0 Å². The molecule has 0 radical (unpaired) electrons. The molecule has 2 heterocycles. The fourth-order valence-corrected chi connectivity index (χ4v) is 3.03. The molecule has 1 N–H and O–H groups in total. The van der Waals surface area contributed by atoms with Crippen LogP contribution in [0.4, 0.5) is 0 Å². The maximum Gasteiger partial charge on any atom is 0.252 e. The Hall–Kier alpha value is -2.20. The molecule has 1 aliphatic heterocycles. The minimum Gasteiger partial charge on any atom is -0.352 e. The molecule has 2 aromatic rings. The van der Waals surface area contributed by atoms with Gasteiger partial charge < -0.3 is 5.32 Å². The van der Waals surface area contributed by atoms with Crippen molar-refractivity contribution in [3.63, 3.8) is 0 Å². The third-order valence-electron chi connectivity index (χ3n) is 4.43. The van der Waals surface area contributed by atoms with Crippen molar-refractivity contribution in [1.29, 1.82) is 0 Å². The number of benzene rings is 1. The Balaban J connectivity index is 1.40. The van der Waals surface area contributed by atoms with Gasteiger partial charge in [0.2, 0.25) is 0 Å². The number of rotatable bonds is 5. The van der Waals surface area contributed by atoms with Gasteiger partial charge >= 0.3 is 0 Å². The highest BCUT2D eigenvalue weighted by atomic mass is 16.1. The van der Waals surface area contributed by atoms with E-state index in [-0.39, 0.29) is 5.91 Å². The molecular weight excluding hydrogens is 286 g/mol. The van der Waals surface area contributed by atoms with Crippen LogP contribution in [0.5, 0.6) is 0 Å². The summed E-state index contributed by atoms with van der Waals surface area (Å²) in [5, 5.41) is 3.04. The quantitative estimate of drug-likeness (QED) is 0.923. The second-order valence-electron chi connectivity index (χ2n) is 6.16. The average molecular weight is 309 g/mol. The van der Waals surface area contributed by atoms with Crippen molar-refractivity contribution in [3.05, 3.63) is 66.0 Å². The van der Waals surface area contributed by atoms with Gasteiger partial charge in [0.25, 0.3) is 5.91 Å². The highest BCUT2D eigenvalue weighted by molar-refractivity contribution is 5.93. The summed E-state index contributed by atoms with van der Waals surface area (Å²) in [4.78, 5) is 18.5. The van der Waals surface area contributed by atoms with Gasteiger partial charge in [0.1, 0.15) is 0 Å². The predicted octanol–water partition coefficient (Wildman–Crippen LogP) is 2.72. The van der Waals surface area contributed by atoms with Gasteiger partial charge in [0.15, 0.2) is 0 Å². The van der Waals surface area contributed by atoms with Crippen LogP contribution in [0.2, 0.25) is 0 Å². The minimum absolute atomic E-state index is 0.0233. The van der Waals surface area contributed by atoms with Crippen LogP contribution < -0.4 is 5.32 Å². The summed E-state index contributed by atoms with van der Waals surface area (Å²) < 4.78 is 0. The molecule has 0 bridgehead atoms. The molecule has 0 spiro atoms. The van der Waals surface area contributed by atoms with Crippen molar-refractivity contribution in [3.8, 4) is 0 Å².